The van der Waals surface area contributed by atoms with Crippen LogP contribution in [-0.2, 0) is 11.2 Å². The van der Waals surface area contributed by atoms with Gasteiger partial charge < -0.3 is 10.6 Å². The maximum absolute atomic E-state index is 12.3. The molecule has 96 valence electrons. The van der Waals surface area contributed by atoms with Crippen molar-refractivity contribution in [2.45, 2.75) is 43.7 Å². The molecule has 1 unspecified atom stereocenters. The molecule has 1 aliphatic heterocycles. The van der Waals surface area contributed by atoms with E-state index in [0.717, 1.165) is 38.6 Å². The van der Waals surface area contributed by atoms with Crippen molar-refractivity contribution in [3.8, 4) is 0 Å². The zero-order valence-corrected chi connectivity index (χ0v) is 10.6. The standard InChI is InChI=1S/C15H20N2O/c16-15(8-9-15)14(18)17-10-4-7-13(17)11-12-5-2-1-3-6-12/h1-3,5-6,13H,4,7-11,16H2. The van der Waals surface area contributed by atoms with E-state index in [1.807, 2.05) is 11.0 Å². The Morgan fingerprint density at radius 1 is 1.33 bits per heavy atom. The molecule has 3 nitrogen and oxygen atoms in total. The molecule has 1 aromatic carbocycles. The van der Waals surface area contributed by atoms with Gasteiger partial charge in [-0.2, -0.15) is 0 Å². The number of benzene rings is 1. The predicted molar refractivity (Wildman–Crippen MR) is 71.0 cm³/mol. The molecule has 1 heterocycles. The summed E-state index contributed by atoms with van der Waals surface area (Å²) in [6.45, 7) is 0.884. The SMILES string of the molecule is NC1(C(=O)N2CCCC2Cc2ccccc2)CC1. The molecular formula is C15H20N2O. The minimum absolute atomic E-state index is 0.181. The lowest BCUT2D eigenvalue weighted by Crippen LogP contribution is -2.48. The van der Waals surface area contributed by atoms with Crippen LogP contribution in [-0.4, -0.2) is 28.9 Å². The summed E-state index contributed by atoms with van der Waals surface area (Å²) >= 11 is 0. The van der Waals surface area contributed by atoms with E-state index in [1.165, 1.54) is 5.56 Å². The minimum atomic E-state index is -0.515. The number of hydrogen-bond acceptors (Lipinski definition) is 2. The van der Waals surface area contributed by atoms with Gasteiger partial charge in [-0.15, -0.1) is 0 Å². The quantitative estimate of drug-likeness (QED) is 0.880. The number of amides is 1. The lowest BCUT2D eigenvalue weighted by atomic mass is 10.0. The fourth-order valence-electron chi connectivity index (χ4n) is 2.84. The van der Waals surface area contributed by atoms with Gasteiger partial charge in [0.1, 0.15) is 0 Å². The zero-order chi connectivity index (χ0) is 12.6. The minimum Gasteiger partial charge on any atom is -0.338 e. The van der Waals surface area contributed by atoms with E-state index in [0.29, 0.717) is 6.04 Å². The van der Waals surface area contributed by atoms with Crippen LogP contribution in [0.2, 0.25) is 0 Å². The number of carbonyl (C=O) groups excluding carboxylic acids is 1. The molecule has 1 amide bonds. The lowest BCUT2D eigenvalue weighted by Gasteiger charge is -2.27. The Morgan fingerprint density at radius 3 is 2.72 bits per heavy atom. The summed E-state index contributed by atoms with van der Waals surface area (Å²) in [5.41, 5.74) is 6.83. The Kier molecular flexibility index (Phi) is 2.86. The lowest BCUT2D eigenvalue weighted by molar-refractivity contribution is -0.134. The van der Waals surface area contributed by atoms with Crippen LogP contribution in [0, 0.1) is 0 Å². The second-order valence-corrected chi connectivity index (χ2v) is 5.64. The Bertz CT molecular complexity index is 439. The van der Waals surface area contributed by atoms with Crippen molar-refractivity contribution in [2.75, 3.05) is 6.54 Å². The summed E-state index contributed by atoms with van der Waals surface area (Å²) in [5, 5.41) is 0. The summed E-state index contributed by atoms with van der Waals surface area (Å²) in [6.07, 6.45) is 4.90. The molecule has 18 heavy (non-hydrogen) atoms. The molecule has 1 saturated heterocycles. The highest BCUT2D eigenvalue weighted by Crippen LogP contribution is 2.36. The normalized spacial score (nSPS) is 25.2. The summed E-state index contributed by atoms with van der Waals surface area (Å²) in [7, 11) is 0. The van der Waals surface area contributed by atoms with Gasteiger partial charge in [0.2, 0.25) is 5.91 Å². The number of likely N-dealkylation sites (tertiary alicyclic amines) is 1. The third kappa shape index (κ3) is 2.15. The van der Waals surface area contributed by atoms with Crippen LogP contribution in [0.4, 0.5) is 0 Å². The smallest absolute Gasteiger partial charge is 0.242 e. The van der Waals surface area contributed by atoms with Gasteiger partial charge in [-0.1, -0.05) is 30.3 Å². The Hall–Kier alpha value is -1.35. The van der Waals surface area contributed by atoms with Crippen LogP contribution < -0.4 is 5.73 Å². The molecular weight excluding hydrogens is 224 g/mol. The largest absolute Gasteiger partial charge is 0.338 e. The van der Waals surface area contributed by atoms with Crippen molar-refractivity contribution >= 4 is 5.91 Å². The molecule has 1 saturated carbocycles. The molecule has 0 radical (unpaired) electrons. The fraction of sp³-hybridized carbons (Fsp3) is 0.533. The van der Waals surface area contributed by atoms with Gasteiger partial charge in [0.05, 0.1) is 5.54 Å². The van der Waals surface area contributed by atoms with Gasteiger partial charge in [0.25, 0.3) is 0 Å². The van der Waals surface area contributed by atoms with Crippen LogP contribution in [0.1, 0.15) is 31.2 Å². The Morgan fingerprint density at radius 2 is 2.06 bits per heavy atom. The average Bonchev–Trinajstić information content (AvgIpc) is 2.98. The first-order valence-corrected chi connectivity index (χ1v) is 6.83. The molecule has 0 bridgehead atoms. The van der Waals surface area contributed by atoms with E-state index in [1.54, 1.807) is 0 Å². The summed E-state index contributed by atoms with van der Waals surface area (Å²) in [4.78, 5) is 14.4. The van der Waals surface area contributed by atoms with Gasteiger partial charge >= 0.3 is 0 Å². The average molecular weight is 244 g/mol. The van der Waals surface area contributed by atoms with Crippen LogP contribution >= 0.6 is 0 Å². The first-order chi connectivity index (χ1) is 8.69. The molecule has 2 fully saturated rings. The molecule has 1 aliphatic carbocycles. The second kappa shape index (κ2) is 4.39. The van der Waals surface area contributed by atoms with Crippen LogP contribution in [0.3, 0.4) is 0 Å². The molecule has 2 N–H and O–H groups in total. The predicted octanol–water partition coefficient (Wildman–Crippen LogP) is 1.71. The zero-order valence-electron chi connectivity index (χ0n) is 10.6. The van der Waals surface area contributed by atoms with Crippen molar-refractivity contribution in [1.82, 2.24) is 4.90 Å². The maximum Gasteiger partial charge on any atom is 0.242 e. The highest BCUT2D eigenvalue weighted by molar-refractivity contribution is 5.89. The molecule has 0 aromatic heterocycles. The number of hydrogen-bond donors (Lipinski definition) is 1. The third-order valence-corrected chi connectivity index (χ3v) is 4.17. The summed E-state index contributed by atoms with van der Waals surface area (Å²) < 4.78 is 0. The van der Waals surface area contributed by atoms with Gasteiger partial charge in [-0.05, 0) is 37.7 Å². The highest BCUT2D eigenvalue weighted by Gasteiger charge is 2.49. The van der Waals surface area contributed by atoms with Crippen molar-refractivity contribution < 1.29 is 4.79 Å². The molecule has 3 rings (SSSR count). The van der Waals surface area contributed by atoms with E-state index in [9.17, 15) is 4.79 Å². The van der Waals surface area contributed by atoms with Gasteiger partial charge in [0, 0.05) is 12.6 Å². The molecule has 1 atom stereocenters. The first-order valence-electron chi connectivity index (χ1n) is 6.83. The van der Waals surface area contributed by atoms with E-state index in [-0.39, 0.29) is 5.91 Å². The number of rotatable bonds is 3. The van der Waals surface area contributed by atoms with Gasteiger partial charge in [-0.25, -0.2) is 0 Å². The van der Waals surface area contributed by atoms with Crippen LogP contribution in [0.25, 0.3) is 0 Å². The van der Waals surface area contributed by atoms with Crippen molar-refractivity contribution in [1.29, 1.82) is 0 Å². The van der Waals surface area contributed by atoms with E-state index in [4.69, 9.17) is 5.73 Å². The van der Waals surface area contributed by atoms with Crippen molar-refractivity contribution in [2.24, 2.45) is 5.73 Å². The van der Waals surface area contributed by atoms with Gasteiger partial charge in [0.15, 0.2) is 0 Å². The monoisotopic (exact) mass is 244 g/mol. The molecule has 2 aliphatic rings. The van der Waals surface area contributed by atoms with Crippen LogP contribution in [0.5, 0.6) is 0 Å². The summed E-state index contributed by atoms with van der Waals surface area (Å²) in [5.74, 6) is 0.181. The van der Waals surface area contributed by atoms with E-state index < -0.39 is 5.54 Å². The Balaban J connectivity index is 1.70. The molecule has 3 heteroatoms. The molecule has 1 aromatic rings. The van der Waals surface area contributed by atoms with Crippen molar-refractivity contribution in [3.63, 3.8) is 0 Å². The maximum atomic E-state index is 12.3. The first kappa shape index (κ1) is 11.7. The molecule has 0 spiro atoms. The van der Waals surface area contributed by atoms with Gasteiger partial charge in [-0.3, -0.25) is 4.79 Å². The van der Waals surface area contributed by atoms with Crippen molar-refractivity contribution in [3.05, 3.63) is 35.9 Å². The fourth-order valence-corrected chi connectivity index (χ4v) is 2.84. The number of nitrogens with two attached hydrogens (primary N) is 1. The van der Waals surface area contributed by atoms with E-state index >= 15 is 0 Å². The third-order valence-electron chi connectivity index (χ3n) is 4.17. The number of carbonyl (C=O) groups is 1. The Labute approximate surface area is 108 Å². The number of nitrogens with zero attached hydrogens (tertiary/aromatic N) is 1. The van der Waals surface area contributed by atoms with Crippen LogP contribution in [0.15, 0.2) is 30.3 Å². The topological polar surface area (TPSA) is 46.3 Å². The second-order valence-electron chi connectivity index (χ2n) is 5.64. The van der Waals surface area contributed by atoms with E-state index in [2.05, 4.69) is 24.3 Å². The highest BCUT2D eigenvalue weighted by atomic mass is 16.2. The summed E-state index contributed by atoms with van der Waals surface area (Å²) in [6, 6.07) is 10.8.